The number of rotatable bonds is 4. The summed E-state index contributed by atoms with van der Waals surface area (Å²) in [5, 5.41) is 14.3. The summed E-state index contributed by atoms with van der Waals surface area (Å²) in [6.07, 6.45) is 2.91. The molecule has 0 bridgehead atoms. The van der Waals surface area contributed by atoms with Gasteiger partial charge in [-0.25, -0.2) is 0 Å². The zero-order chi connectivity index (χ0) is 14.7. The number of aromatic nitrogens is 3. The highest BCUT2D eigenvalue weighted by molar-refractivity contribution is 5.99. The topological polar surface area (TPSA) is 50.7 Å². The highest BCUT2D eigenvalue weighted by atomic mass is 15.2. The van der Waals surface area contributed by atoms with E-state index >= 15 is 0 Å². The third-order valence-corrected chi connectivity index (χ3v) is 3.41. The minimum Gasteiger partial charge on any atom is -0.368 e. The molecular formula is C17H18N4. The molecule has 0 atom stereocenters. The van der Waals surface area contributed by atoms with Crippen LogP contribution in [0.15, 0.2) is 42.6 Å². The van der Waals surface area contributed by atoms with E-state index in [0.717, 1.165) is 46.5 Å². The van der Waals surface area contributed by atoms with Gasteiger partial charge in [0, 0.05) is 34.8 Å². The van der Waals surface area contributed by atoms with Crippen molar-refractivity contribution in [3.63, 3.8) is 0 Å². The van der Waals surface area contributed by atoms with Crippen molar-refractivity contribution in [3.05, 3.63) is 48.3 Å². The molecule has 0 radical (unpaired) electrons. The van der Waals surface area contributed by atoms with Gasteiger partial charge in [0.15, 0.2) is 5.82 Å². The highest BCUT2D eigenvalue weighted by Gasteiger charge is 2.10. The fourth-order valence-electron chi connectivity index (χ4n) is 2.30. The summed E-state index contributed by atoms with van der Waals surface area (Å²) in [5.74, 6) is 0.844. The lowest BCUT2D eigenvalue weighted by molar-refractivity contribution is 0.952. The molecular weight excluding hydrogens is 260 g/mol. The van der Waals surface area contributed by atoms with E-state index in [1.807, 2.05) is 37.4 Å². The zero-order valence-corrected chi connectivity index (χ0v) is 12.3. The van der Waals surface area contributed by atoms with Crippen LogP contribution < -0.4 is 5.32 Å². The lowest BCUT2D eigenvalue weighted by Gasteiger charge is -2.10. The van der Waals surface area contributed by atoms with Crippen molar-refractivity contribution in [2.75, 3.05) is 11.9 Å². The highest BCUT2D eigenvalue weighted by Crippen LogP contribution is 2.29. The van der Waals surface area contributed by atoms with E-state index in [0.29, 0.717) is 0 Å². The first-order chi connectivity index (χ1) is 10.3. The van der Waals surface area contributed by atoms with Crippen molar-refractivity contribution in [1.82, 2.24) is 15.2 Å². The Balaban J connectivity index is 2.14. The number of fused-ring (bicyclic) bond motifs is 1. The SMILES string of the molecule is CCCNc1nnc(-c2ccc(C)nc2)c2ccccc12. The summed E-state index contributed by atoms with van der Waals surface area (Å²) in [7, 11) is 0. The predicted molar refractivity (Wildman–Crippen MR) is 86.3 cm³/mol. The van der Waals surface area contributed by atoms with Gasteiger partial charge >= 0.3 is 0 Å². The molecule has 3 aromatic rings. The Hall–Kier alpha value is -2.49. The van der Waals surface area contributed by atoms with E-state index in [-0.39, 0.29) is 0 Å². The van der Waals surface area contributed by atoms with E-state index in [9.17, 15) is 0 Å². The molecule has 4 nitrogen and oxygen atoms in total. The average Bonchev–Trinajstić information content (AvgIpc) is 2.53. The van der Waals surface area contributed by atoms with Gasteiger partial charge in [-0.3, -0.25) is 4.98 Å². The molecule has 0 fully saturated rings. The van der Waals surface area contributed by atoms with Crippen molar-refractivity contribution < 1.29 is 0 Å². The number of benzene rings is 1. The largest absolute Gasteiger partial charge is 0.368 e. The molecule has 1 aromatic carbocycles. The molecule has 3 rings (SSSR count). The van der Waals surface area contributed by atoms with E-state index in [1.54, 1.807) is 0 Å². The van der Waals surface area contributed by atoms with Gasteiger partial charge in [-0.15, -0.1) is 10.2 Å². The van der Waals surface area contributed by atoms with Gasteiger partial charge in [0.25, 0.3) is 0 Å². The van der Waals surface area contributed by atoms with Crippen LogP contribution in [-0.2, 0) is 0 Å². The number of anilines is 1. The van der Waals surface area contributed by atoms with Gasteiger partial charge in [0.1, 0.15) is 5.69 Å². The van der Waals surface area contributed by atoms with Crippen LogP contribution in [0, 0.1) is 6.92 Å². The van der Waals surface area contributed by atoms with Crippen molar-refractivity contribution in [2.24, 2.45) is 0 Å². The fraction of sp³-hybridized carbons (Fsp3) is 0.235. The lowest BCUT2D eigenvalue weighted by atomic mass is 10.1. The first-order valence-corrected chi connectivity index (χ1v) is 7.22. The maximum atomic E-state index is 4.41. The van der Waals surface area contributed by atoms with Crippen LogP contribution in [0.1, 0.15) is 19.0 Å². The Morgan fingerprint density at radius 1 is 1.00 bits per heavy atom. The zero-order valence-electron chi connectivity index (χ0n) is 12.3. The Kier molecular flexibility index (Phi) is 3.77. The molecule has 0 aliphatic carbocycles. The maximum Gasteiger partial charge on any atom is 0.156 e. The molecule has 2 heterocycles. The van der Waals surface area contributed by atoms with Gasteiger partial charge in [-0.2, -0.15) is 0 Å². The number of nitrogens with one attached hydrogen (secondary N) is 1. The first kappa shape index (κ1) is 13.5. The maximum absolute atomic E-state index is 4.41. The van der Waals surface area contributed by atoms with Crippen molar-refractivity contribution >= 4 is 16.6 Å². The molecule has 0 saturated carbocycles. The second-order valence-electron chi connectivity index (χ2n) is 5.06. The van der Waals surface area contributed by atoms with Crippen LogP contribution in [0.2, 0.25) is 0 Å². The number of hydrogen-bond acceptors (Lipinski definition) is 4. The molecule has 0 unspecified atom stereocenters. The van der Waals surface area contributed by atoms with Gasteiger partial charge in [0.05, 0.1) is 0 Å². The average molecular weight is 278 g/mol. The Bertz CT molecular complexity index is 750. The van der Waals surface area contributed by atoms with Crippen LogP contribution in [0.25, 0.3) is 22.0 Å². The molecule has 0 amide bonds. The van der Waals surface area contributed by atoms with Crippen LogP contribution in [0.3, 0.4) is 0 Å². The number of hydrogen-bond donors (Lipinski definition) is 1. The second-order valence-corrected chi connectivity index (χ2v) is 5.06. The molecule has 0 spiro atoms. The van der Waals surface area contributed by atoms with Crippen molar-refractivity contribution in [1.29, 1.82) is 0 Å². The van der Waals surface area contributed by atoms with Gasteiger partial charge < -0.3 is 5.32 Å². The van der Waals surface area contributed by atoms with E-state index in [1.165, 1.54) is 0 Å². The van der Waals surface area contributed by atoms with Gasteiger partial charge in [0.2, 0.25) is 0 Å². The standard InChI is InChI=1S/C17H18N4/c1-3-10-18-17-15-7-5-4-6-14(15)16(20-21-17)13-9-8-12(2)19-11-13/h4-9,11H,3,10H2,1-2H3,(H,18,21). The van der Waals surface area contributed by atoms with Crippen LogP contribution in [-0.4, -0.2) is 21.7 Å². The monoisotopic (exact) mass is 278 g/mol. The van der Waals surface area contributed by atoms with Crippen LogP contribution in [0.5, 0.6) is 0 Å². The minimum atomic E-state index is 0.844. The molecule has 2 aromatic heterocycles. The van der Waals surface area contributed by atoms with E-state index in [4.69, 9.17) is 0 Å². The molecule has 21 heavy (non-hydrogen) atoms. The van der Waals surface area contributed by atoms with E-state index in [2.05, 4.69) is 39.6 Å². The normalized spacial score (nSPS) is 10.8. The molecule has 0 aliphatic rings. The molecule has 1 N–H and O–H groups in total. The van der Waals surface area contributed by atoms with Crippen molar-refractivity contribution in [2.45, 2.75) is 20.3 Å². The summed E-state index contributed by atoms with van der Waals surface area (Å²) in [6.45, 7) is 5.00. The summed E-state index contributed by atoms with van der Waals surface area (Å²) in [4.78, 5) is 4.35. The summed E-state index contributed by atoms with van der Waals surface area (Å²) in [6, 6.07) is 12.2. The van der Waals surface area contributed by atoms with Crippen LogP contribution in [0.4, 0.5) is 5.82 Å². The number of pyridine rings is 1. The third-order valence-electron chi connectivity index (χ3n) is 3.41. The quantitative estimate of drug-likeness (QED) is 0.788. The first-order valence-electron chi connectivity index (χ1n) is 7.22. The summed E-state index contributed by atoms with van der Waals surface area (Å²) >= 11 is 0. The number of nitrogens with zero attached hydrogens (tertiary/aromatic N) is 3. The second kappa shape index (κ2) is 5.87. The van der Waals surface area contributed by atoms with Gasteiger partial charge in [-0.1, -0.05) is 31.2 Å². The third kappa shape index (κ3) is 2.70. The Morgan fingerprint density at radius 3 is 2.52 bits per heavy atom. The molecule has 106 valence electrons. The fourth-order valence-corrected chi connectivity index (χ4v) is 2.30. The predicted octanol–water partition coefficient (Wildman–Crippen LogP) is 3.82. The lowest BCUT2D eigenvalue weighted by Crippen LogP contribution is -2.04. The Morgan fingerprint density at radius 2 is 1.81 bits per heavy atom. The minimum absolute atomic E-state index is 0.844. The summed E-state index contributed by atoms with van der Waals surface area (Å²) in [5.41, 5.74) is 2.86. The van der Waals surface area contributed by atoms with E-state index < -0.39 is 0 Å². The van der Waals surface area contributed by atoms with Gasteiger partial charge in [-0.05, 0) is 25.5 Å². The Labute approximate surface area is 124 Å². The molecule has 4 heteroatoms. The summed E-state index contributed by atoms with van der Waals surface area (Å²) < 4.78 is 0. The number of aryl methyl sites for hydroxylation is 1. The smallest absolute Gasteiger partial charge is 0.156 e. The van der Waals surface area contributed by atoms with Crippen molar-refractivity contribution in [3.8, 4) is 11.3 Å². The molecule has 0 saturated heterocycles. The van der Waals surface area contributed by atoms with Crippen LogP contribution >= 0.6 is 0 Å². The molecule has 0 aliphatic heterocycles.